The molecule has 1 atom stereocenters. The Morgan fingerprint density at radius 2 is 2.29 bits per heavy atom. The Bertz CT molecular complexity index is 527. The van der Waals surface area contributed by atoms with Crippen LogP contribution in [0, 0.1) is 5.82 Å². The van der Waals surface area contributed by atoms with Crippen molar-refractivity contribution in [2.24, 2.45) is 0 Å². The van der Waals surface area contributed by atoms with Gasteiger partial charge in [-0.3, -0.25) is 4.68 Å². The lowest BCUT2D eigenvalue weighted by molar-refractivity contribution is 0.220. The van der Waals surface area contributed by atoms with E-state index in [9.17, 15) is 9.50 Å². The van der Waals surface area contributed by atoms with E-state index in [1.165, 1.54) is 18.2 Å². The molecular weight excluding hydrogens is 243 g/mol. The van der Waals surface area contributed by atoms with Gasteiger partial charge >= 0.3 is 0 Å². The van der Waals surface area contributed by atoms with E-state index < -0.39 is 11.9 Å². The normalized spacial score (nSPS) is 12.7. The van der Waals surface area contributed by atoms with Crippen LogP contribution in [0.25, 0.3) is 0 Å². The Hall–Kier alpha value is -1.39. The Balaban J connectivity index is 2.35. The van der Waals surface area contributed by atoms with E-state index in [4.69, 9.17) is 11.6 Å². The maximum Gasteiger partial charge on any atom is 0.123 e. The van der Waals surface area contributed by atoms with Gasteiger partial charge in [-0.25, -0.2) is 4.39 Å². The zero-order valence-electron chi connectivity index (χ0n) is 9.27. The summed E-state index contributed by atoms with van der Waals surface area (Å²) in [5.74, 6) is -0.425. The molecule has 0 fully saturated rings. The second-order valence-electron chi connectivity index (χ2n) is 3.70. The molecule has 1 aromatic carbocycles. The van der Waals surface area contributed by atoms with Crippen LogP contribution in [-0.2, 0) is 6.54 Å². The van der Waals surface area contributed by atoms with Gasteiger partial charge in [0.05, 0.1) is 6.20 Å². The van der Waals surface area contributed by atoms with Gasteiger partial charge in [-0.2, -0.15) is 5.10 Å². The second kappa shape index (κ2) is 4.85. The molecule has 0 saturated heterocycles. The fourth-order valence-corrected chi connectivity index (χ4v) is 1.82. The molecule has 17 heavy (non-hydrogen) atoms. The molecule has 5 heteroatoms. The summed E-state index contributed by atoms with van der Waals surface area (Å²) in [6.07, 6.45) is 2.31. The first-order valence-corrected chi connectivity index (χ1v) is 5.65. The van der Waals surface area contributed by atoms with Crippen LogP contribution in [0.2, 0.25) is 5.02 Å². The minimum atomic E-state index is -0.960. The van der Waals surface area contributed by atoms with Crippen LogP contribution in [0.15, 0.2) is 30.6 Å². The lowest BCUT2D eigenvalue weighted by Crippen LogP contribution is -2.00. The van der Waals surface area contributed by atoms with Crippen LogP contribution in [0.5, 0.6) is 0 Å². The molecule has 1 unspecified atom stereocenters. The summed E-state index contributed by atoms with van der Waals surface area (Å²) >= 11 is 5.93. The van der Waals surface area contributed by atoms with Gasteiger partial charge in [0, 0.05) is 28.9 Å². The van der Waals surface area contributed by atoms with Crippen molar-refractivity contribution < 1.29 is 9.50 Å². The molecule has 1 heterocycles. The Morgan fingerprint density at radius 3 is 2.94 bits per heavy atom. The van der Waals surface area contributed by atoms with Crippen molar-refractivity contribution in [3.63, 3.8) is 0 Å². The monoisotopic (exact) mass is 254 g/mol. The number of aromatic nitrogens is 2. The standard InChI is InChI=1S/C12H12ClFN2O/c1-2-16-7-8(6-15-16)12(17)10-5-9(14)3-4-11(10)13/h3-7,12,17H,2H2,1H3. The first-order valence-electron chi connectivity index (χ1n) is 5.27. The second-order valence-corrected chi connectivity index (χ2v) is 4.10. The van der Waals surface area contributed by atoms with E-state index in [1.807, 2.05) is 6.92 Å². The highest BCUT2D eigenvalue weighted by molar-refractivity contribution is 6.31. The van der Waals surface area contributed by atoms with Crippen LogP contribution in [0.4, 0.5) is 4.39 Å². The van der Waals surface area contributed by atoms with Crippen molar-refractivity contribution in [2.75, 3.05) is 0 Å². The molecule has 0 spiro atoms. The highest BCUT2D eigenvalue weighted by Gasteiger charge is 2.16. The number of aliphatic hydroxyl groups excluding tert-OH is 1. The van der Waals surface area contributed by atoms with Gasteiger partial charge in [0.15, 0.2) is 0 Å². The Labute approximate surface area is 103 Å². The summed E-state index contributed by atoms with van der Waals surface area (Å²) < 4.78 is 14.8. The van der Waals surface area contributed by atoms with Gasteiger partial charge in [0.2, 0.25) is 0 Å². The average molecular weight is 255 g/mol. The number of halogens is 2. The van der Waals surface area contributed by atoms with E-state index in [0.29, 0.717) is 22.7 Å². The van der Waals surface area contributed by atoms with Crippen molar-refractivity contribution in [1.29, 1.82) is 0 Å². The van der Waals surface area contributed by atoms with Crippen molar-refractivity contribution >= 4 is 11.6 Å². The van der Waals surface area contributed by atoms with Crippen molar-refractivity contribution in [3.05, 3.63) is 52.6 Å². The predicted molar refractivity (Wildman–Crippen MR) is 63.4 cm³/mol. The molecule has 3 nitrogen and oxygen atoms in total. The summed E-state index contributed by atoms with van der Waals surface area (Å²) in [7, 11) is 0. The SMILES string of the molecule is CCn1cc(C(O)c2cc(F)ccc2Cl)cn1. The van der Waals surface area contributed by atoms with Crippen molar-refractivity contribution in [3.8, 4) is 0 Å². The topological polar surface area (TPSA) is 38.0 Å². The number of aliphatic hydroxyl groups is 1. The van der Waals surface area contributed by atoms with E-state index >= 15 is 0 Å². The molecule has 1 aromatic heterocycles. The summed E-state index contributed by atoms with van der Waals surface area (Å²) in [5.41, 5.74) is 0.946. The molecule has 0 aliphatic rings. The van der Waals surface area contributed by atoms with Crippen LogP contribution < -0.4 is 0 Å². The summed E-state index contributed by atoms with van der Waals surface area (Å²) in [6.45, 7) is 2.65. The summed E-state index contributed by atoms with van der Waals surface area (Å²) in [6, 6.07) is 3.92. The molecule has 2 aromatic rings. The fraction of sp³-hybridized carbons (Fsp3) is 0.250. The zero-order valence-corrected chi connectivity index (χ0v) is 10.0. The molecule has 0 bridgehead atoms. The lowest BCUT2D eigenvalue weighted by atomic mass is 10.0. The zero-order chi connectivity index (χ0) is 12.4. The Morgan fingerprint density at radius 1 is 1.53 bits per heavy atom. The van der Waals surface area contributed by atoms with E-state index in [0.717, 1.165) is 0 Å². The molecule has 2 rings (SSSR count). The minimum absolute atomic E-state index is 0.336. The molecule has 90 valence electrons. The minimum Gasteiger partial charge on any atom is -0.383 e. The van der Waals surface area contributed by atoms with Crippen molar-refractivity contribution in [2.45, 2.75) is 19.6 Å². The van der Waals surface area contributed by atoms with Gasteiger partial charge in [-0.15, -0.1) is 0 Å². The van der Waals surface area contributed by atoms with Crippen LogP contribution in [-0.4, -0.2) is 14.9 Å². The molecule has 0 amide bonds. The Kier molecular flexibility index (Phi) is 3.45. The first-order chi connectivity index (χ1) is 8.11. The molecular formula is C12H12ClFN2O. The lowest BCUT2D eigenvalue weighted by Gasteiger charge is -2.10. The third kappa shape index (κ3) is 2.48. The summed E-state index contributed by atoms with van der Waals surface area (Å²) in [4.78, 5) is 0. The average Bonchev–Trinajstić information content (AvgIpc) is 2.80. The predicted octanol–water partition coefficient (Wildman–Crippen LogP) is 2.78. The van der Waals surface area contributed by atoms with Crippen LogP contribution in [0.3, 0.4) is 0 Å². The first kappa shape index (κ1) is 12.1. The van der Waals surface area contributed by atoms with Crippen molar-refractivity contribution in [1.82, 2.24) is 9.78 Å². The van der Waals surface area contributed by atoms with E-state index in [1.54, 1.807) is 17.1 Å². The number of hydrogen-bond acceptors (Lipinski definition) is 2. The summed E-state index contributed by atoms with van der Waals surface area (Å²) in [5, 5.41) is 14.5. The quantitative estimate of drug-likeness (QED) is 0.915. The molecule has 1 N–H and O–H groups in total. The third-order valence-electron chi connectivity index (χ3n) is 2.55. The number of rotatable bonds is 3. The smallest absolute Gasteiger partial charge is 0.123 e. The van der Waals surface area contributed by atoms with Gasteiger partial charge in [-0.05, 0) is 25.1 Å². The number of aryl methyl sites for hydroxylation is 1. The van der Waals surface area contributed by atoms with Gasteiger partial charge in [0.25, 0.3) is 0 Å². The van der Waals surface area contributed by atoms with E-state index in [2.05, 4.69) is 5.10 Å². The fourth-order valence-electron chi connectivity index (χ4n) is 1.60. The maximum absolute atomic E-state index is 13.1. The van der Waals surface area contributed by atoms with Gasteiger partial charge in [-0.1, -0.05) is 11.6 Å². The third-order valence-corrected chi connectivity index (χ3v) is 2.89. The number of hydrogen-bond donors (Lipinski definition) is 1. The molecule has 0 saturated carbocycles. The van der Waals surface area contributed by atoms with Gasteiger partial charge < -0.3 is 5.11 Å². The molecule has 0 aliphatic heterocycles. The highest BCUT2D eigenvalue weighted by atomic mass is 35.5. The van der Waals surface area contributed by atoms with Crippen LogP contribution in [0.1, 0.15) is 24.2 Å². The highest BCUT2D eigenvalue weighted by Crippen LogP contribution is 2.28. The number of nitrogens with zero attached hydrogens (tertiary/aromatic N) is 2. The van der Waals surface area contributed by atoms with Crippen LogP contribution >= 0.6 is 11.6 Å². The largest absolute Gasteiger partial charge is 0.383 e. The molecule has 0 aliphatic carbocycles. The van der Waals surface area contributed by atoms with Gasteiger partial charge in [0.1, 0.15) is 11.9 Å². The molecule has 0 radical (unpaired) electrons. The number of benzene rings is 1. The maximum atomic E-state index is 13.1. The van der Waals surface area contributed by atoms with E-state index in [-0.39, 0.29) is 0 Å².